The Morgan fingerprint density at radius 2 is 1.88 bits per heavy atom. The summed E-state index contributed by atoms with van der Waals surface area (Å²) >= 11 is 0. The molecular weight excluding hydrogens is 326 g/mol. The maximum Gasteiger partial charge on any atom is 0.315 e. The summed E-state index contributed by atoms with van der Waals surface area (Å²) in [7, 11) is 0. The zero-order valence-electron chi connectivity index (χ0n) is 15.0. The van der Waals surface area contributed by atoms with Gasteiger partial charge in [-0.3, -0.25) is 4.40 Å². The lowest BCUT2D eigenvalue weighted by molar-refractivity contribution is 0.233. The van der Waals surface area contributed by atoms with Gasteiger partial charge in [0.1, 0.15) is 0 Å². The Morgan fingerprint density at radius 1 is 1.12 bits per heavy atom. The predicted octanol–water partition coefficient (Wildman–Crippen LogP) is 3.44. The van der Waals surface area contributed by atoms with Crippen LogP contribution in [0.2, 0.25) is 0 Å². The predicted molar refractivity (Wildman–Crippen MR) is 103 cm³/mol. The Morgan fingerprint density at radius 3 is 2.65 bits per heavy atom. The molecule has 2 heterocycles. The minimum Gasteiger partial charge on any atom is -0.335 e. The van der Waals surface area contributed by atoms with E-state index in [9.17, 15) is 4.79 Å². The molecule has 26 heavy (non-hydrogen) atoms. The monoisotopic (exact) mass is 349 g/mol. The highest BCUT2D eigenvalue weighted by Gasteiger charge is 2.23. The van der Waals surface area contributed by atoms with E-state index >= 15 is 0 Å². The molecule has 134 valence electrons. The van der Waals surface area contributed by atoms with E-state index in [4.69, 9.17) is 0 Å². The summed E-state index contributed by atoms with van der Waals surface area (Å²) in [5.74, 6) is 0.902. The van der Waals surface area contributed by atoms with Crippen molar-refractivity contribution in [2.45, 2.75) is 19.9 Å². The fraction of sp³-hybridized carbons (Fsp3) is 0.250. The Balaban J connectivity index is 1.61. The average molecular weight is 349 g/mol. The van der Waals surface area contributed by atoms with E-state index in [0.717, 1.165) is 17.0 Å². The summed E-state index contributed by atoms with van der Waals surface area (Å²) in [5, 5.41) is 14.3. The standard InChI is InChI=1S/C20H23N5O/c1-15(2)18(19-24-23-17-12-6-7-14-25(17)19)22-20(26)21-13-8-11-16-9-4-3-5-10-16/h3-12,14-15,18H,13H2,1-2H3,(H2,21,22,26)/b11-8-/t18-/m0/s1. The highest BCUT2D eigenvalue weighted by atomic mass is 16.2. The third-order valence-electron chi connectivity index (χ3n) is 4.06. The van der Waals surface area contributed by atoms with Crippen molar-refractivity contribution < 1.29 is 4.79 Å². The van der Waals surface area contributed by atoms with Crippen LogP contribution in [0.25, 0.3) is 11.7 Å². The van der Waals surface area contributed by atoms with Gasteiger partial charge in [-0.05, 0) is 23.6 Å². The SMILES string of the molecule is CC(C)[C@H](NC(=O)NC/C=C\c1ccccc1)c1nnc2ccccn12. The van der Waals surface area contributed by atoms with E-state index in [1.54, 1.807) is 0 Å². The van der Waals surface area contributed by atoms with E-state index in [2.05, 4.69) is 20.8 Å². The second kappa shape index (κ2) is 8.29. The van der Waals surface area contributed by atoms with Crippen LogP contribution in [0, 0.1) is 5.92 Å². The van der Waals surface area contributed by atoms with Gasteiger partial charge in [0.25, 0.3) is 0 Å². The number of nitrogens with zero attached hydrogens (tertiary/aromatic N) is 3. The minimum absolute atomic E-state index is 0.174. The van der Waals surface area contributed by atoms with Crippen molar-refractivity contribution in [2.24, 2.45) is 5.92 Å². The van der Waals surface area contributed by atoms with Gasteiger partial charge in [-0.15, -0.1) is 10.2 Å². The molecule has 0 bridgehead atoms. The van der Waals surface area contributed by atoms with Gasteiger partial charge in [-0.2, -0.15) is 0 Å². The molecule has 3 rings (SSSR count). The zero-order valence-corrected chi connectivity index (χ0v) is 15.0. The normalized spacial score (nSPS) is 12.6. The topological polar surface area (TPSA) is 71.3 Å². The zero-order chi connectivity index (χ0) is 18.4. The van der Waals surface area contributed by atoms with Gasteiger partial charge in [0.2, 0.25) is 0 Å². The molecule has 2 N–H and O–H groups in total. The fourth-order valence-corrected chi connectivity index (χ4v) is 2.70. The highest BCUT2D eigenvalue weighted by molar-refractivity contribution is 5.74. The minimum atomic E-state index is -0.231. The fourth-order valence-electron chi connectivity index (χ4n) is 2.70. The molecule has 2 aromatic heterocycles. The van der Waals surface area contributed by atoms with Crippen LogP contribution < -0.4 is 10.6 Å². The summed E-state index contributed by atoms with van der Waals surface area (Å²) in [4.78, 5) is 12.3. The van der Waals surface area contributed by atoms with Gasteiger partial charge in [0, 0.05) is 12.7 Å². The lowest BCUT2D eigenvalue weighted by Gasteiger charge is -2.21. The molecular formula is C20H23N5O. The number of amides is 2. The van der Waals surface area contributed by atoms with Gasteiger partial charge in [0.05, 0.1) is 6.04 Å². The van der Waals surface area contributed by atoms with E-state index in [1.807, 2.05) is 85.1 Å². The van der Waals surface area contributed by atoms with Crippen molar-refractivity contribution in [2.75, 3.05) is 6.54 Å². The molecule has 0 aliphatic heterocycles. The molecule has 1 atom stereocenters. The highest BCUT2D eigenvalue weighted by Crippen LogP contribution is 2.20. The van der Waals surface area contributed by atoms with Gasteiger partial charge in [0.15, 0.2) is 11.5 Å². The number of rotatable bonds is 6. The van der Waals surface area contributed by atoms with E-state index in [0.29, 0.717) is 6.54 Å². The van der Waals surface area contributed by atoms with Crippen LogP contribution in [0.1, 0.15) is 31.3 Å². The van der Waals surface area contributed by atoms with Crippen LogP contribution in [-0.2, 0) is 0 Å². The van der Waals surface area contributed by atoms with Crippen molar-refractivity contribution in [1.29, 1.82) is 0 Å². The molecule has 2 amide bonds. The van der Waals surface area contributed by atoms with E-state index in [-0.39, 0.29) is 18.0 Å². The summed E-state index contributed by atoms with van der Waals surface area (Å²) < 4.78 is 1.90. The molecule has 1 aromatic carbocycles. The Bertz CT molecular complexity index is 885. The summed E-state index contributed by atoms with van der Waals surface area (Å²) in [6.07, 6.45) is 5.81. The first kappa shape index (κ1) is 17.7. The van der Waals surface area contributed by atoms with E-state index in [1.165, 1.54) is 0 Å². The summed E-state index contributed by atoms with van der Waals surface area (Å²) in [5.41, 5.74) is 1.87. The Labute approximate surface area is 153 Å². The summed E-state index contributed by atoms with van der Waals surface area (Å²) in [6, 6.07) is 15.2. The number of hydrogen-bond donors (Lipinski definition) is 2. The second-order valence-electron chi connectivity index (χ2n) is 6.38. The summed E-state index contributed by atoms with van der Waals surface area (Å²) in [6.45, 7) is 4.54. The molecule has 0 aliphatic carbocycles. The number of benzene rings is 1. The molecule has 6 nitrogen and oxygen atoms in total. The first-order valence-electron chi connectivity index (χ1n) is 8.71. The molecule has 0 saturated carbocycles. The average Bonchev–Trinajstić information content (AvgIpc) is 3.08. The Kier molecular flexibility index (Phi) is 5.63. The lowest BCUT2D eigenvalue weighted by Crippen LogP contribution is -2.40. The number of pyridine rings is 1. The third kappa shape index (κ3) is 4.27. The number of urea groups is 1. The van der Waals surface area contributed by atoms with Gasteiger partial charge < -0.3 is 10.6 Å². The quantitative estimate of drug-likeness (QED) is 0.716. The number of fused-ring (bicyclic) bond motifs is 1. The van der Waals surface area contributed by atoms with Gasteiger partial charge in [-0.25, -0.2) is 4.79 Å². The molecule has 0 unspecified atom stereocenters. The van der Waals surface area contributed by atoms with Crippen LogP contribution in [0.4, 0.5) is 4.79 Å². The van der Waals surface area contributed by atoms with Crippen molar-refractivity contribution in [3.63, 3.8) is 0 Å². The number of carbonyl (C=O) groups excluding carboxylic acids is 1. The maximum atomic E-state index is 12.3. The molecule has 3 aromatic rings. The van der Waals surface area contributed by atoms with Crippen LogP contribution >= 0.6 is 0 Å². The van der Waals surface area contributed by atoms with Crippen molar-refractivity contribution >= 4 is 17.8 Å². The first-order chi connectivity index (χ1) is 12.6. The van der Waals surface area contributed by atoms with E-state index < -0.39 is 0 Å². The largest absolute Gasteiger partial charge is 0.335 e. The molecule has 0 spiro atoms. The van der Waals surface area contributed by atoms with Crippen molar-refractivity contribution in [1.82, 2.24) is 25.2 Å². The molecule has 6 heteroatoms. The third-order valence-corrected chi connectivity index (χ3v) is 4.06. The molecule has 0 radical (unpaired) electrons. The van der Waals surface area contributed by atoms with Crippen LogP contribution in [0.3, 0.4) is 0 Å². The Hall–Kier alpha value is -3.15. The number of nitrogens with one attached hydrogen (secondary N) is 2. The molecule has 0 fully saturated rings. The molecule has 0 aliphatic rings. The second-order valence-corrected chi connectivity index (χ2v) is 6.38. The van der Waals surface area contributed by atoms with Crippen LogP contribution in [-0.4, -0.2) is 27.2 Å². The number of carbonyl (C=O) groups is 1. The smallest absolute Gasteiger partial charge is 0.315 e. The lowest BCUT2D eigenvalue weighted by atomic mass is 10.0. The first-order valence-corrected chi connectivity index (χ1v) is 8.71. The molecule has 0 saturated heterocycles. The van der Waals surface area contributed by atoms with Crippen molar-refractivity contribution in [3.8, 4) is 0 Å². The van der Waals surface area contributed by atoms with Crippen LogP contribution in [0.5, 0.6) is 0 Å². The van der Waals surface area contributed by atoms with Gasteiger partial charge >= 0.3 is 6.03 Å². The van der Waals surface area contributed by atoms with Gasteiger partial charge in [-0.1, -0.05) is 62.4 Å². The number of aromatic nitrogens is 3. The maximum absolute atomic E-state index is 12.3. The number of hydrogen-bond acceptors (Lipinski definition) is 3. The van der Waals surface area contributed by atoms with Crippen LogP contribution in [0.15, 0.2) is 60.8 Å². The van der Waals surface area contributed by atoms with Crippen molar-refractivity contribution in [3.05, 3.63) is 72.2 Å².